The van der Waals surface area contributed by atoms with Crippen LogP contribution in [0, 0.1) is 13.8 Å². The van der Waals surface area contributed by atoms with Gasteiger partial charge in [0.2, 0.25) is 0 Å². The van der Waals surface area contributed by atoms with Gasteiger partial charge in [0, 0.05) is 12.4 Å². The number of hydrogen-bond acceptors (Lipinski definition) is 4. The van der Waals surface area contributed by atoms with Crippen LogP contribution in [-0.2, 0) is 11.3 Å². The summed E-state index contributed by atoms with van der Waals surface area (Å²) in [6.45, 7) is 4.65. The maximum absolute atomic E-state index is 12.2. The summed E-state index contributed by atoms with van der Waals surface area (Å²) in [4.78, 5) is 16.4. The first-order chi connectivity index (χ1) is 11.2. The fraction of sp³-hybridized carbons (Fsp3) is 0.235. The minimum atomic E-state index is -0.359. The smallest absolute Gasteiger partial charge is 0.341 e. The second-order valence-corrected chi connectivity index (χ2v) is 5.19. The minimum absolute atomic E-state index is 0.298. The first kappa shape index (κ1) is 15.0. The molecule has 0 fully saturated rings. The van der Waals surface area contributed by atoms with Crippen LogP contribution in [0.1, 0.15) is 21.9 Å². The van der Waals surface area contributed by atoms with Crippen LogP contribution in [0.15, 0.2) is 48.9 Å². The van der Waals surface area contributed by atoms with E-state index in [0.29, 0.717) is 18.7 Å². The number of esters is 1. The highest BCUT2D eigenvalue weighted by Gasteiger charge is 2.16. The summed E-state index contributed by atoms with van der Waals surface area (Å²) < 4.78 is 9.02. The number of imidazole rings is 1. The molecule has 23 heavy (non-hydrogen) atoms. The Morgan fingerprint density at radius 2 is 2.00 bits per heavy atom. The number of aryl methyl sites for hydroxylation is 1. The molecule has 2 aromatic heterocycles. The van der Waals surface area contributed by atoms with Crippen LogP contribution in [0.3, 0.4) is 0 Å². The summed E-state index contributed by atoms with van der Waals surface area (Å²) in [5, 5.41) is 4.28. The van der Waals surface area contributed by atoms with Gasteiger partial charge in [-0.3, -0.25) is 0 Å². The van der Waals surface area contributed by atoms with Gasteiger partial charge in [0.05, 0.1) is 24.1 Å². The number of aromatic nitrogens is 4. The van der Waals surface area contributed by atoms with E-state index in [1.54, 1.807) is 17.1 Å². The van der Waals surface area contributed by atoms with Crippen LogP contribution in [0.4, 0.5) is 0 Å². The van der Waals surface area contributed by atoms with Gasteiger partial charge in [-0.25, -0.2) is 14.5 Å². The van der Waals surface area contributed by atoms with Gasteiger partial charge < -0.3 is 9.30 Å². The number of nitrogens with zero attached hydrogens (tertiary/aromatic N) is 4. The normalized spacial score (nSPS) is 10.7. The number of hydrogen-bond donors (Lipinski definition) is 0. The number of carbonyl (C=O) groups excluding carboxylic acids is 1. The Labute approximate surface area is 134 Å². The van der Waals surface area contributed by atoms with E-state index in [-0.39, 0.29) is 5.97 Å². The quantitative estimate of drug-likeness (QED) is 0.679. The van der Waals surface area contributed by atoms with Crippen molar-refractivity contribution in [2.75, 3.05) is 6.61 Å². The molecule has 0 amide bonds. The van der Waals surface area contributed by atoms with E-state index in [4.69, 9.17) is 4.74 Å². The molecule has 0 bridgehead atoms. The number of benzene rings is 1. The van der Waals surface area contributed by atoms with Crippen LogP contribution < -0.4 is 0 Å². The van der Waals surface area contributed by atoms with Gasteiger partial charge in [-0.1, -0.05) is 18.2 Å². The highest BCUT2D eigenvalue weighted by molar-refractivity contribution is 5.90. The minimum Gasteiger partial charge on any atom is -0.460 e. The van der Waals surface area contributed by atoms with E-state index in [1.807, 2.05) is 54.9 Å². The van der Waals surface area contributed by atoms with Gasteiger partial charge in [0.25, 0.3) is 0 Å². The van der Waals surface area contributed by atoms with Crippen molar-refractivity contribution in [1.82, 2.24) is 19.3 Å². The average Bonchev–Trinajstić information content (AvgIpc) is 3.14. The highest BCUT2D eigenvalue weighted by atomic mass is 16.5. The molecule has 3 rings (SSSR count). The summed E-state index contributed by atoms with van der Waals surface area (Å²) in [5.74, 6) is 0.538. The molecule has 6 heteroatoms. The molecule has 6 nitrogen and oxygen atoms in total. The van der Waals surface area contributed by atoms with Crippen molar-refractivity contribution >= 4 is 5.97 Å². The predicted octanol–water partition coefficient (Wildman–Crippen LogP) is 2.54. The van der Waals surface area contributed by atoms with Crippen molar-refractivity contribution in [3.8, 4) is 5.69 Å². The fourth-order valence-corrected chi connectivity index (χ4v) is 2.39. The molecule has 3 aromatic rings. The first-order valence-electron chi connectivity index (χ1n) is 7.41. The summed E-state index contributed by atoms with van der Waals surface area (Å²) in [7, 11) is 0. The number of para-hydroxylation sites is 1. The van der Waals surface area contributed by atoms with E-state index < -0.39 is 0 Å². The van der Waals surface area contributed by atoms with Gasteiger partial charge in [-0.15, -0.1) is 0 Å². The fourth-order valence-electron chi connectivity index (χ4n) is 2.39. The van der Waals surface area contributed by atoms with E-state index in [9.17, 15) is 4.79 Å². The summed E-state index contributed by atoms with van der Waals surface area (Å²) in [5.41, 5.74) is 2.16. The Morgan fingerprint density at radius 3 is 2.70 bits per heavy atom. The van der Waals surface area contributed by atoms with E-state index >= 15 is 0 Å². The van der Waals surface area contributed by atoms with Gasteiger partial charge in [-0.2, -0.15) is 5.10 Å². The van der Waals surface area contributed by atoms with Crippen molar-refractivity contribution < 1.29 is 9.53 Å². The Kier molecular flexibility index (Phi) is 4.23. The lowest BCUT2D eigenvalue weighted by molar-refractivity contribution is 0.0489. The largest absolute Gasteiger partial charge is 0.460 e. The zero-order valence-corrected chi connectivity index (χ0v) is 13.1. The highest BCUT2D eigenvalue weighted by Crippen LogP contribution is 2.14. The van der Waals surface area contributed by atoms with E-state index in [1.165, 1.54) is 0 Å². The average molecular weight is 310 g/mol. The molecule has 0 saturated carbocycles. The third-order valence-electron chi connectivity index (χ3n) is 3.72. The molecule has 2 heterocycles. The summed E-state index contributed by atoms with van der Waals surface area (Å²) in [6.07, 6.45) is 5.14. The maximum Gasteiger partial charge on any atom is 0.341 e. The predicted molar refractivity (Wildman–Crippen MR) is 85.5 cm³/mol. The molecule has 0 aliphatic carbocycles. The lowest BCUT2D eigenvalue weighted by Crippen LogP contribution is -2.12. The van der Waals surface area contributed by atoms with Crippen LogP contribution in [-0.4, -0.2) is 31.9 Å². The van der Waals surface area contributed by atoms with Crippen LogP contribution in [0.5, 0.6) is 0 Å². The topological polar surface area (TPSA) is 61.9 Å². The van der Waals surface area contributed by atoms with Crippen molar-refractivity contribution in [2.45, 2.75) is 20.4 Å². The molecule has 0 spiro atoms. The molecule has 0 unspecified atom stereocenters. The molecule has 0 atom stereocenters. The molecule has 0 saturated heterocycles. The lowest BCUT2D eigenvalue weighted by atomic mass is 10.2. The van der Waals surface area contributed by atoms with Crippen LogP contribution in [0.2, 0.25) is 0 Å². The molecule has 0 N–H and O–H groups in total. The maximum atomic E-state index is 12.2. The molecular weight excluding hydrogens is 292 g/mol. The van der Waals surface area contributed by atoms with Crippen molar-refractivity contribution in [3.63, 3.8) is 0 Å². The standard InChI is InChI=1S/C17H18N4O2/c1-13-16(12-19-21(13)15-6-4-3-5-7-15)17(22)23-11-10-20-9-8-18-14(20)2/h3-9,12H,10-11H2,1-2H3. The Morgan fingerprint density at radius 1 is 1.22 bits per heavy atom. The molecule has 0 aliphatic heterocycles. The summed E-state index contributed by atoms with van der Waals surface area (Å²) in [6, 6.07) is 9.69. The second kappa shape index (κ2) is 6.48. The van der Waals surface area contributed by atoms with Gasteiger partial charge in [-0.05, 0) is 26.0 Å². The van der Waals surface area contributed by atoms with Gasteiger partial charge >= 0.3 is 5.97 Å². The van der Waals surface area contributed by atoms with Crippen molar-refractivity contribution in [3.05, 3.63) is 66.0 Å². The summed E-state index contributed by atoms with van der Waals surface area (Å²) >= 11 is 0. The zero-order valence-electron chi connectivity index (χ0n) is 13.1. The molecular formula is C17H18N4O2. The third kappa shape index (κ3) is 3.15. The van der Waals surface area contributed by atoms with Crippen LogP contribution in [0.25, 0.3) is 5.69 Å². The molecule has 0 aliphatic rings. The monoisotopic (exact) mass is 310 g/mol. The molecule has 0 radical (unpaired) electrons. The second-order valence-electron chi connectivity index (χ2n) is 5.19. The molecule has 1 aromatic carbocycles. The zero-order chi connectivity index (χ0) is 16.2. The first-order valence-corrected chi connectivity index (χ1v) is 7.41. The lowest BCUT2D eigenvalue weighted by Gasteiger charge is -2.07. The van der Waals surface area contributed by atoms with E-state index in [0.717, 1.165) is 17.2 Å². The van der Waals surface area contributed by atoms with E-state index in [2.05, 4.69) is 10.1 Å². The third-order valence-corrected chi connectivity index (χ3v) is 3.72. The number of carbonyl (C=O) groups is 1. The Hall–Kier alpha value is -2.89. The van der Waals surface area contributed by atoms with Gasteiger partial charge in [0.15, 0.2) is 0 Å². The van der Waals surface area contributed by atoms with Crippen LogP contribution >= 0.6 is 0 Å². The SMILES string of the molecule is Cc1nccn1CCOC(=O)c1cnn(-c2ccccc2)c1C. The van der Waals surface area contributed by atoms with Crippen molar-refractivity contribution in [2.24, 2.45) is 0 Å². The Balaban J connectivity index is 1.66. The number of rotatable bonds is 5. The van der Waals surface area contributed by atoms with Gasteiger partial charge in [0.1, 0.15) is 18.0 Å². The van der Waals surface area contributed by atoms with Crippen molar-refractivity contribution in [1.29, 1.82) is 0 Å². The number of ether oxygens (including phenoxy) is 1. The Bertz CT molecular complexity index is 805. The molecule has 118 valence electrons.